The first-order chi connectivity index (χ1) is 9.54. The van der Waals surface area contributed by atoms with E-state index in [4.69, 9.17) is 0 Å². The first kappa shape index (κ1) is 15.7. The Kier molecular flexibility index (Phi) is 5.41. The van der Waals surface area contributed by atoms with Gasteiger partial charge < -0.3 is 4.90 Å². The van der Waals surface area contributed by atoms with Gasteiger partial charge in [0.2, 0.25) is 0 Å². The highest BCUT2D eigenvalue weighted by Gasteiger charge is 2.33. The van der Waals surface area contributed by atoms with E-state index in [1.165, 1.54) is 0 Å². The fourth-order valence-corrected chi connectivity index (χ4v) is 4.07. The van der Waals surface area contributed by atoms with Gasteiger partial charge in [-0.15, -0.1) is 5.92 Å². The summed E-state index contributed by atoms with van der Waals surface area (Å²) in [4.78, 5) is 4.36. The van der Waals surface area contributed by atoms with Gasteiger partial charge in [0, 0.05) is 52.4 Å². The van der Waals surface area contributed by atoms with Crippen LogP contribution in [0.25, 0.3) is 0 Å². The molecule has 2 rings (SSSR count). The predicted octanol–water partition coefficient (Wildman–Crippen LogP) is -0.880. The third-order valence-corrected chi connectivity index (χ3v) is 5.96. The van der Waals surface area contributed by atoms with Crippen molar-refractivity contribution in [2.24, 2.45) is 0 Å². The van der Waals surface area contributed by atoms with E-state index in [9.17, 15) is 8.42 Å². The standard InChI is InChI=1S/C13H24N4O2S/c1-3-4-5-15-8-12-17(13-9-15)20(18,19)16-10-6-14(2)7-11-16/h5-13H2,1-2H3. The Hall–Kier alpha value is -0.650. The number of hydrogen-bond donors (Lipinski definition) is 0. The number of likely N-dealkylation sites (N-methyl/N-ethyl adjacent to an activating group) is 1. The first-order valence-corrected chi connectivity index (χ1v) is 8.49. The number of hydrogen-bond acceptors (Lipinski definition) is 4. The molecule has 0 aromatic heterocycles. The zero-order valence-corrected chi connectivity index (χ0v) is 13.2. The summed E-state index contributed by atoms with van der Waals surface area (Å²) in [6.45, 7) is 8.05. The molecule has 0 aliphatic carbocycles. The van der Waals surface area contributed by atoms with Crippen molar-refractivity contribution in [2.75, 3.05) is 66.0 Å². The second-order valence-electron chi connectivity index (χ2n) is 5.31. The van der Waals surface area contributed by atoms with Crippen LogP contribution in [0, 0.1) is 11.8 Å². The minimum Gasteiger partial charge on any atom is -0.304 e. The summed E-state index contributed by atoms with van der Waals surface area (Å²) in [5.74, 6) is 5.91. The van der Waals surface area contributed by atoms with Gasteiger partial charge in [-0.1, -0.05) is 5.92 Å². The third-order valence-electron chi connectivity index (χ3n) is 3.93. The summed E-state index contributed by atoms with van der Waals surface area (Å²) < 4.78 is 28.3. The van der Waals surface area contributed by atoms with Gasteiger partial charge in [-0.2, -0.15) is 17.0 Å². The molecule has 0 unspecified atom stereocenters. The normalized spacial score (nSPS) is 24.3. The quantitative estimate of drug-likeness (QED) is 0.635. The van der Waals surface area contributed by atoms with Gasteiger partial charge >= 0.3 is 0 Å². The molecule has 0 radical (unpaired) electrons. The topological polar surface area (TPSA) is 47.1 Å². The summed E-state index contributed by atoms with van der Waals surface area (Å²) in [6, 6.07) is 0. The van der Waals surface area contributed by atoms with E-state index in [1.54, 1.807) is 8.61 Å². The second kappa shape index (κ2) is 6.87. The highest BCUT2D eigenvalue weighted by molar-refractivity contribution is 7.86. The fourth-order valence-electron chi connectivity index (χ4n) is 2.49. The maximum Gasteiger partial charge on any atom is 0.282 e. The molecular formula is C13H24N4O2S. The van der Waals surface area contributed by atoms with E-state index in [-0.39, 0.29) is 0 Å². The molecule has 0 aromatic carbocycles. The molecule has 2 saturated heterocycles. The van der Waals surface area contributed by atoms with Crippen molar-refractivity contribution in [1.29, 1.82) is 0 Å². The Bertz CT molecular complexity index is 466. The monoisotopic (exact) mass is 300 g/mol. The molecule has 2 fully saturated rings. The summed E-state index contributed by atoms with van der Waals surface area (Å²) in [7, 11) is -1.25. The Morgan fingerprint density at radius 3 is 1.90 bits per heavy atom. The highest BCUT2D eigenvalue weighted by Crippen LogP contribution is 2.14. The number of rotatable bonds is 3. The van der Waals surface area contributed by atoms with Crippen molar-refractivity contribution < 1.29 is 8.42 Å². The lowest BCUT2D eigenvalue weighted by Crippen LogP contribution is -2.56. The largest absolute Gasteiger partial charge is 0.304 e. The Morgan fingerprint density at radius 2 is 1.40 bits per heavy atom. The predicted molar refractivity (Wildman–Crippen MR) is 79.5 cm³/mol. The molecule has 2 aliphatic heterocycles. The summed E-state index contributed by atoms with van der Waals surface area (Å²) in [5.41, 5.74) is 0. The number of nitrogens with zero attached hydrogens (tertiary/aromatic N) is 4. The molecule has 20 heavy (non-hydrogen) atoms. The lowest BCUT2D eigenvalue weighted by Gasteiger charge is -2.38. The van der Waals surface area contributed by atoms with Crippen LogP contribution < -0.4 is 0 Å². The van der Waals surface area contributed by atoms with Crippen molar-refractivity contribution in [3.8, 4) is 11.8 Å². The molecule has 0 atom stereocenters. The van der Waals surface area contributed by atoms with Crippen LogP contribution in [0.1, 0.15) is 6.92 Å². The van der Waals surface area contributed by atoms with Crippen molar-refractivity contribution >= 4 is 10.2 Å². The molecule has 2 heterocycles. The van der Waals surface area contributed by atoms with E-state index >= 15 is 0 Å². The van der Waals surface area contributed by atoms with Crippen LogP contribution in [-0.4, -0.2) is 92.8 Å². The molecule has 2 aliphatic rings. The zero-order chi connectivity index (χ0) is 14.6. The van der Waals surface area contributed by atoms with E-state index in [0.717, 1.165) is 32.7 Å². The van der Waals surface area contributed by atoms with E-state index in [1.807, 2.05) is 14.0 Å². The summed E-state index contributed by atoms with van der Waals surface area (Å²) in [6.07, 6.45) is 0. The van der Waals surface area contributed by atoms with Crippen LogP contribution in [0.15, 0.2) is 0 Å². The highest BCUT2D eigenvalue weighted by atomic mass is 32.2. The molecule has 0 saturated carbocycles. The van der Waals surface area contributed by atoms with Crippen molar-refractivity contribution in [3.05, 3.63) is 0 Å². The molecule has 0 N–H and O–H groups in total. The van der Waals surface area contributed by atoms with Gasteiger partial charge in [0.1, 0.15) is 0 Å². The molecule has 6 nitrogen and oxygen atoms in total. The summed E-state index contributed by atoms with van der Waals surface area (Å²) in [5, 5.41) is 0. The lowest BCUT2D eigenvalue weighted by atomic mass is 10.3. The van der Waals surface area contributed by atoms with Crippen molar-refractivity contribution in [3.63, 3.8) is 0 Å². The van der Waals surface area contributed by atoms with Crippen molar-refractivity contribution in [2.45, 2.75) is 6.92 Å². The fraction of sp³-hybridized carbons (Fsp3) is 0.846. The molecule has 0 bridgehead atoms. The maximum absolute atomic E-state index is 12.6. The second-order valence-corrected chi connectivity index (χ2v) is 7.24. The van der Waals surface area contributed by atoms with Gasteiger partial charge in [0.15, 0.2) is 0 Å². The SMILES string of the molecule is CC#CCN1CCN(S(=O)(=O)N2CCN(C)CC2)CC1. The van der Waals surface area contributed by atoms with Crippen LogP contribution >= 0.6 is 0 Å². The molecule has 0 aromatic rings. The van der Waals surface area contributed by atoms with Gasteiger partial charge in [0.05, 0.1) is 6.54 Å². The zero-order valence-electron chi connectivity index (χ0n) is 12.4. The third kappa shape index (κ3) is 3.71. The van der Waals surface area contributed by atoms with E-state index < -0.39 is 10.2 Å². The average Bonchev–Trinajstić information content (AvgIpc) is 2.46. The average molecular weight is 300 g/mol. The van der Waals surface area contributed by atoms with Crippen LogP contribution in [0.5, 0.6) is 0 Å². The molecule has 0 amide bonds. The summed E-state index contributed by atoms with van der Waals surface area (Å²) >= 11 is 0. The van der Waals surface area contributed by atoms with E-state index in [2.05, 4.69) is 21.6 Å². The minimum absolute atomic E-state index is 0.570. The van der Waals surface area contributed by atoms with Crippen LogP contribution in [-0.2, 0) is 10.2 Å². The van der Waals surface area contributed by atoms with Gasteiger partial charge in [-0.25, -0.2) is 0 Å². The van der Waals surface area contributed by atoms with Gasteiger partial charge in [-0.3, -0.25) is 4.90 Å². The Balaban J connectivity index is 1.89. The lowest BCUT2D eigenvalue weighted by molar-refractivity contribution is 0.180. The van der Waals surface area contributed by atoms with Crippen molar-refractivity contribution in [1.82, 2.24) is 18.4 Å². The Morgan fingerprint density at radius 1 is 0.900 bits per heavy atom. The Labute approximate surface area is 122 Å². The number of piperazine rings is 2. The van der Waals surface area contributed by atoms with Crippen LogP contribution in [0.2, 0.25) is 0 Å². The molecule has 7 heteroatoms. The first-order valence-electron chi connectivity index (χ1n) is 7.10. The maximum atomic E-state index is 12.6. The molecule has 0 spiro atoms. The van der Waals surface area contributed by atoms with Gasteiger partial charge in [-0.05, 0) is 14.0 Å². The van der Waals surface area contributed by atoms with Crippen LogP contribution in [0.3, 0.4) is 0 Å². The molecular weight excluding hydrogens is 276 g/mol. The van der Waals surface area contributed by atoms with Gasteiger partial charge in [0.25, 0.3) is 10.2 Å². The van der Waals surface area contributed by atoms with E-state index in [0.29, 0.717) is 26.2 Å². The van der Waals surface area contributed by atoms with Crippen LogP contribution in [0.4, 0.5) is 0 Å². The minimum atomic E-state index is -3.28. The smallest absolute Gasteiger partial charge is 0.282 e. The molecule has 114 valence electrons.